The van der Waals surface area contributed by atoms with E-state index in [1.165, 1.54) is 0 Å². The van der Waals surface area contributed by atoms with Crippen molar-refractivity contribution < 1.29 is 18.7 Å². The van der Waals surface area contributed by atoms with E-state index in [0.717, 1.165) is 23.8 Å². The summed E-state index contributed by atoms with van der Waals surface area (Å²) in [5, 5.41) is 12.0. The highest BCUT2D eigenvalue weighted by Crippen LogP contribution is 2.17. The molecule has 2 N–H and O–H groups in total. The van der Waals surface area contributed by atoms with E-state index in [1.807, 2.05) is 30.3 Å². The second-order valence-electron chi connectivity index (χ2n) is 5.28. The van der Waals surface area contributed by atoms with Crippen molar-refractivity contribution >= 4 is 5.91 Å². The van der Waals surface area contributed by atoms with Crippen LogP contribution >= 0.6 is 0 Å². The Hall–Kier alpha value is -2.27. The number of nitrogens with one attached hydrogen (secondary N) is 1. The first-order valence-corrected chi connectivity index (χ1v) is 7.49. The predicted molar refractivity (Wildman–Crippen MR) is 83.7 cm³/mol. The number of rotatable bonds is 7. The van der Waals surface area contributed by atoms with E-state index in [4.69, 9.17) is 5.11 Å². The number of hydrogen-bond donors (Lipinski definition) is 2. The van der Waals surface area contributed by atoms with Crippen molar-refractivity contribution in [2.24, 2.45) is 0 Å². The van der Waals surface area contributed by atoms with Gasteiger partial charge in [0.25, 0.3) is 0 Å². The number of amides is 1. The van der Waals surface area contributed by atoms with Crippen LogP contribution < -0.4 is 5.32 Å². The maximum atomic E-state index is 13.5. The summed E-state index contributed by atoms with van der Waals surface area (Å²) in [6.45, 7) is -0.0572. The molecule has 0 aliphatic carbocycles. The first-order valence-electron chi connectivity index (χ1n) is 7.49. The van der Waals surface area contributed by atoms with Crippen molar-refractivity contribution in [3.05, 3.63) is 71.3 Å². The standard InChI is InChI=1S/C18H19F2NO2/c19-15-7-8-16(20)14(12-15)6-9-18(23)21-17(10-11-22)13-4-2-1-3-5-13/h1-5,7-8,12,17,22H,6,9-11H2,(H,21,23). The molecule has 2 rings (SSSR count). The molecule has 0 radical (unpaired) electrons. The monoisotopic (exact) mass is 319 g/mol. The molecular formula is C18H19F2NO2. The molecule has 1 unspecified atom stereocenters. The number of carbonyl (C=O) groups is 1. The summed E-state index contributed by atoms with van der Waals surface area (Å²) < 4.78 is 26.6. The van der Waals surface area contributed by atoms with Gasteiger partial charge < -0.3 is 10.4 Å². The molecule has 2 aromatic rings. The van der Waals surface area contributed by atoms with Crippen molar-refractivity contribution in [1.82, 2.24) is 5.32 Å². The fourth-order valence-corrected chi connectivity index (χ4v) is 2.39. The van der Waals surface area contributed by atoms with Gasteiger partial charge in [-0.05, 0) is 42.2 Å². The Morgan fingerprint density at radius 2 is 1.87 bits per heavy atom. The zero-order valence-corrected chi connectivity index (χ0v) is 12.6. The van der Waals surface area contributed by atoms with Gasteiger partial charge in [-0.1, -0.05) is 30.3 Å². The molecule has 3 nitrogen and oxygen atoms in total. The Balaban J connectivity index is 1.95. The highest BCUT2D eigenvalue weighted by molar-refractivity contribution is 5.76. The highest BCUT2D eigenvalue weighted by atomic mass is 19.1. The van der Waals surface area contributed by atoms with E-state index in [-0.39, 0.29) is 37.0 Å². The zero-order chi connectivity index (χ0) is 16.7. The van der Waals surface area contributed by atoms with Gasteiger partial charge in [0.1, 0.15) is 11.6 Å². The summed E-state index contributed by atoms with van der Waals surface area (Å²) in [6.07, 6.45) is 0.565. The SMILES string of the molecule is O=C(CCc1cc(F)ccc1F)NC(CCO)c1ccccc1. The lowest BCUT2D eigenvalue weighted by Crippen LogP contribution is -2.29. The maximum Gasteiger partial charge on any atom is 0.220 e. The van der Waals surface area contributed by atoms with Crippen LogP contribution in [0.4, 0.5) is 8.78 Å². The Bertz CT molecular complexity index is 647. The van der Waals surface area contributed by atoms with Gasteiger partial charge in [0.05, 0.1) is 6.04 Å². The third kappa shape index (κ3) is 5.14. The fourth-order valence-electron chi connectivity index (χ4n) is 2.39. The quantitative estimate of drug-likeness (QED) is 0.824. The molecule has 0 aliphatic rings. The Morgan fingerprint density at radius 3 is 2.57 bits per heavy atom. The average molecular weight is 319 g/mol. The van der Waals surface area contributed by atoms with E-state index in [9.17, 15) is 13.6 Å². The number of aryl methyl sites for hydroxylation is 1. The van der Waals surface area contributed by atoms with Crippen molar-refractivity contribution in [2.45, 2.75) is 25.3 Å². The van der Waals surface area contributed by atoms with Gasteiger partial charge in [0, 0.05) is 13.0 Å². The largest absolute Gasteiger partial charge is 0.396 e. The Labute approximate surface area is 134 Å². The van der Waals surface area contributed by atoms with E-state index < -0.39 is 11.6 Å². The maximum absolute atomic E-state index is 13.5. The zero-order valence-electron chi connectivity index (χ0n) is 12.6. The lowest BCUT2D eigenvalue weighted by molar-refractivity contribution is -0.121. The first kappa shape index (κ1) is 17.1. The molecule has 0 bridgehead atoms. The lowest BCUT2D eigenvalue weighted by atomic mass is 10.0. The van der Waals surface area contributed by atoms with E-state index in [1.54, 1.807) is 0 Å². The fraction of sp³-hybridized carbons (Fsp3) is 0.278. The molecule has 0 aliphatic heterocycles. The molecule has 1 atom stereocenters. The predicted octanol–water partition coefficient (Wildman–Crippen LogP) is 3.14. The van der Waals surface area contributed by atoms with E-state index in [2.05, 4.69) is 5.32 Å². The van der Waals surface area contributed by atoms with Crippen molar-refractivity contribution in [3.63, 3.8) is 0 Å². The van der Waals surface area contributed by atoms with Crippen LogP contribution in [-0.4, -0.2) is 17.6 Å². The smallest absolute Gasteiger partial charge is 0.220 e. The molecule has 0 fully saturated rings. The van der Waals surface area contributed by atoms with Gasteiger partial charge in [-0.15, -0.1) is 0 Å². The molecule has 1 amide bonds. The summed E-state index contributed by atoms with van der Waals surface area (Å²) in [5.74, 6) is -1.31. The van der Waals surface area contributed by atoms with Gasteiger partial charge in [0.15, 0.2) is 0 Å². The Kier molecular flexibility index (Phi) is 6.23. The van der Waals surface area contributed by atoms with Crippen molar-refractivity contribution in [2.75, 3.05) is 6.61 Å². The minimum Gasteiger partial charge on any atom is -0.396 e. The van der Waals surface area contributed by atoms with Crippen molar-refractivity contribution in [1.29, 1.82) is 0 Å². The van der Waals surface area contributed by atoms with Crippen LogP contribution in [0.5, 0.6) is 0 Å². The first-order chi connectivity index (χ1) is 11.1. The van der Waals surface area contributed by atoms with Gasteiger partial charge in [-0.25, -0.2) is 8.78 Å². The van der Waals surface area contributed by atoms with Crippen LogP contribution in [0.3, 0.4) is 0 Å². The van der Waals surface area contributed by atoms with Crippen LogP contribution in [-0.2, 0) is 11.2 Å². The molecule has 0 aromatic heterocycles. The molecular weight excluding hydrogens is 300 g/mol. The van der Waals surface area contributed by atoms with Gasteiger partial charge >= 0.3 is 0 Å². The highest BCUT2D eigenvalue weighted by Gasteiger charge is 2.14. The summed E-state index contributed by atoms with van der Waals surface area (Å²) in [4.78, 5) is 12.1. The number of aliphatic hydroxyl groups excluding tert-OH is 1. The molecule has 0 spiro atoms. The van der Waals surface area contributed by atoms with Crippen LogP contribution in [0.25, 0.3) is 0 Å². The van der Waals surface area contributed by atoms with Gasteiger partial charge in [-0.3, -0.25) is 4.79 Å². The average Bonchev–Trinajstić information content (AvgIpc) is 2.56. The van der Waals surface area contributed by atoms with Gasteiger partial charge in [-0.2, -0.15) is 0 Å². The van der Waals surface area contributed by atoms with Crippen LogP contribution in [0.1, 0.15) is 30.0 Å². The Morgan fingerprint density at radius 1 is 1.13 bits per heavy atom. The van der Waals surface area contributed by atoms with Crippen LogP contribution in [0, 0.1) is 11.6 Å². The second-order valence-corrected chi connectivity index (χ2v) is 5.28. The minimum absolute atomic E-state index is 0.0507. The topological polar surface area (TPSA) is 49.3 Å². The van der Waals surface area contributed by atoms with E-state index >= 15 is 0 Å². The molecule has 122 valence electrons. The summed E-state index contributed by atoms with van der Waals surface area (Å²) in [6, 6.07) is 12.2. The third-order valence-electron chi connectivity index (χ3n) is 3.58. The summed E-state index contributed by atoms with van der Waals surface area (Å²) in [5.41, 5.74) is 1.07. The van der Waals surface area contributed by atoms with E-state index in [0.29, 0.717) is 6.42 Å². The van der Waals surface area contributed by atoms with Crippen LogP contribution in [0.2, 0.25) is 0 Å². The summed E-state index contributed by atoms with van der Waals surface area (Å²) in [7, 11) is 0. The minimum atomic E-state index is -0.524. The molecule has 0 heterocycles. The molecule has 2 aromatic carbocycles. The molecule has 5 heteroatoms. The molecule has 23 heavy (non-hydrogen) atoms. The molecule has 0 saturated heterocycles. The normalized spacial score (nSPS) is 12.0. The lowest BCUT2D eigenvalue weighted by Gasteiger charge is -2.18. The third-order valence-corrected chi connectivity index (χ3v) is 3.58. The number of benzene rings is 2. The number of carbonyl (C=O) groups excluding carboxylic acids is 1. The second kappa shape index (κ2) is 8.39. The summed E-state index contributed by atoms with van der Waals surface area (Å²) >= 11 is 0. The molecule has 0 saturated carbocycles. The number of halogens is 2. The number of aliphatic hydroxyl groups is 1. The van der Waals surface area contributed by atoms with Gasteiger partial charge in [0.2, 0.25) is 5.91 Å². The van der Waals surface area contributed by atoms with Crippen LogP contribution in [0.15, 0.2) is 48.5 Å². The number of hydrogen-bond acceptors (Lipinski definition) is 2. The van der Waals surface area contributed by atoms with Crippen molar-refractivity contribution in [3.8, 4) is 0 Å².